The topological polar surface area (TPSA) is 55.6 Å². The van der Waals surface area contributed by atoms with Crippen molar-refractivity contribution < 1.29 is 9.53 Å². The van der Waals surface area contributed by atoms with Crippen molar-refractivity contribution in [1.29, 1.82) is 0 Å². The predicted molar refractivity (Wildman–Crippen MR) is 80.5 cm³/mol. The van der Waals surface area contributed by atoms with Gasteiger partial charge in [0.1, 0.15) is 5.60 Å². The molecule has 1 amide bonds. The lowest BCUT2D eigenvalue weighted by molar-refractivity contribution is 0.0282. The molecule has 2 atom stereocenters. The van der Waals surface area contributed by atoms with E-state index in [-0.39, 0.29) is 12.1 Å². The standard InChI is InChI=1S/C16H30N2O2/c1-16(2,3)20-15(19)18-10-13(14(17)11-18)12-8-6-4-5-7-9-12/h12-14H,4-11,17H2,1-3H3. The highest BCUT2D eigenvalue weighted by Gasteiger charge is 2.39. The van der Waals surface area contributed by atoms with E-state index in [1.807, 2.05) is 25.7 Å². The molecular weight excluding hydrogens is 252 g/mol. The molecule has 2 N–H and O–H groups in total. The third kappa shape index (κ3) is 4.11. The second kappa shape index (κ2) is 6.33. The van der Waals surface area contributed by atoms with Crippen LogP contribution in [0.3, 0.4) is 0 Å². The first-order valence-electron chi connectivity index (χ1n) is 8.10. The summed E-state index contributed by atoms with van der Waals surface area (Å²) in [5.41, 5.74) is 5.87. The summed E-state index contributed by atoms with van der Waals surface area (Å²) in [6.07, 6.45) is 7.70. The molecule has 2 aliphatic rings. The lowest BCUT2D eigenvalue weighted by Crippen LogP contribution is -2.36. The minimum atomic E-state index is -0.429. The molecule has 4 nitrogen and oxygen atoms in total. The van der Waals surface area contributed by atoms with Crippen molar-refractivity contribution in [3.8, 4) is 0 Å². The summed E-state index contributed by atoms with van der Waals surface area (Å²) in [4.78, 5) is 14.0. The average molecular weight is 282 g/mol. The van der Waals surface area contributed by atoms with Crippen molar-refractivity contribution >= 4 is 6.09 Å². The first kappa shape index (κ1) is 15.6. The third-order valence-electron chi connectivity index (χ3n) is 4.57. The molecule has 0 bridgehead atoms. The molecule has 1 saturated carbocycles. The number of likely N-dealkylation sites (tertiary alicyclic amines) is 1. The van der Waals surface area contributed by atoms with Crippen LogP contribution in [0.25, 0.3) is 0 Å². The van der Waals surface area contributed by atoms with Gasteiger partial charge >= 0.3 is 6.09 Å². The Hall–Kier alpha value is -0.770. The SMILES string of the molecule is CC(C)(C)OC(=O)N1CC(N)C(C2CCCCCC2)C1. The Kier molecular flexibility index (Phi) is 4.95. The molecule has 20 heavy (non-hydrogen) atoms. The highest BCUT2D eigenvalue weighted by Crippen LogP contribution is 2.34. The number of hydrogen-bond acceptors (Lipinski definition) is 3. The van der Waals surface area contributed by atoms with E-state index in [2.05, 4.69) is 0 Å². The second-order valence-electron chi connectivity index (χ2n) is 7.46. The van der Waals surface area contributed by atoms with E-state index >= 15 is 0 Å². The van der Waals surface area contributed by atoms with Crippen molar-refractivity contribution in [2.24, 2.45) is 17.6 Å². The summed E-state index contributed by atoms with van der Waals surface area (Å²) >= 11 is 0. The van der Waals surface area contributed by atoms with Gasteiger partial charge in [0.05, 0.1) is 0 Å². The maximum atomic E-state index is 12.2. The minimum absolute atomic E-state index is 0.116. The van der Waals surface area contributed by atoms with Gasteiger partial charge < -0.3 is 15.4 Å². The number of rotatable bonds is 1. The highest BCUT2D eigenvalue weighted by molar-refractivity contribution is 5.68. The normalized spacial score (nSPS) is 29.3. The molecule has 0 aromatic rings. The molecule has 2 unspecified atom stereocenters. The highest BCUT2D eigenvalue weighted by atomic mass is 16.6. The van der Waals surface area contributed by atoms with Crippen molar-refractivity contribution in [2.75, 3.05) is 13.1 Å². The molecule has 1 aliphatic heterocycles. The smallest absolute Gasteiger partial charge is 0.410 e. The number of carbonyl (C=O) groups is 1. The fourth-order valence-electron chi connectivity index (χ4n) is 3.57. The predicted octanol–water partition coefficient (Wildman–Crippen LogP) is 3.15. The van der Waals surface area contributed by atoms with Crippen LogP contribution < -0.4 is 5.73 Å². The van der Waals surface area contributed by atoms with E-state index in [4.69, 9.17) is 10.5 Å². The summed E-state index contributed by atoms with van der Waals surface area (Å²) in [5.74, 6) is 1.15. The van der Waals surface area contributed by atoms with E-state index in [1.54, 1.807) is 0 Å². The monoisotopic (exact) mass is 282 g/mol. The van der Waals surface area contributed by atoms with Gasteiger partial charge in [-0.2, -0.15) is 0 Å². The number of hydrogen-bond donors (Lipinski definition) is 1. The van der Waals surface area contributed by atoms with E-state index in [1.165, 1.54) is 38.5 Å². The zero-order valence-electron chi connectivity index (χ0n) is 13.2. The van der Waals surface area contributed by atoms with Gasteiger partial charge in [0, 0.05) is 19.1 Å². The number of carbonyl (C=O) groups excluding carboxylic acids is 1. The molecule has 116 valence electrons. The fraction of sp³-hybridized carbons (Fsp3) is 0.938. The summed E-state index contributed by atoms with van der Waals surface area (Å²) < 4.78 is 5.46. The number of nitrogens with two attached hydrogens (primary N) is 1. The maximum absolute atomic E-state index is 12.2. The van der Waals surface area contributed by atoms with Crippen LogP contribution in [0.1, 0.15) is 59.3 Å². The van der Waals surface area contributed by atoms with Crippen LogP contribution in [0, 0.1) is 11.8 Å². The molecule has 4 heteroatoms. The molecule has 0 aromatic carbocycles. The van der Waals surface area contributed by atoms with Crippen LogP contribution in [0.2, 0.25) is 0 Å². The first-order chi connectivity index (χ1) is 9.37. The van der Waals surface area contributed by atoms with Crippen molar-refractivity contribution in [1.82, 2.24) is 4.90 Å². The fourth-order valence-corrected chi connectivity index (χ4v) is 3.57. The van der Waals surface area contributed by atoms with Crippen LogP contribution in [0.15, 0.2) is 0 Å². The number of amides is 1. The van der Waals surface area contributed by atoms with Gasteiger partial charge in [-0.3, -0.25) is 0 Å². The zero-order valence-corrected chi connectivity index (χ0v) is 13.2. The molecule has 0 aromatic heterocycles. The Morgan fingerprint density at radius 2 is 1.70 bits per heavy atom. The molecule has 1 heterocycles. The lowest BCUT2D eigenvalue weighted by Gasteiger charge is -2.26. The molecular formula is C16H30N2O2. The lowest BCUT2D eigenvalue weighted by atomic mass is 9.83. The summed E-state index contributed by atoms with van der Waals surface area (Å²) in [6, 6.07) is 0.116. The zero-order chi connectivity index (χ0) is 14.8. The Bertz CT molecular complexity index is 330. The average Bonchev–Trinajstić information content (AvgIpc) is 2.57. The molecule has 2 rings (SSSR count). The van der Waals surface area contributed by atoms with E-state index < -0.39 is 5.60 Å². The van der Waals surface area contributed by atoms with Crippen molar-refractivity contribution in [3.63, 3.8) is 0 Å². The Morgan fingerprint density at radius 3 is 2.25 bits per heavy atom. The van der Waals surface area contributed by atoms with Crippen LogP contribution in [0.5, 0.6) is 0 Å². The van der Waals surface area contributed by atoms with Crippen LogP contribution in [-0.4, -0.2) is 35.7 Å². The van der Waals surface area contributed by atoms with Crippen LogP contribution >= 0.6 is 0 Å². The molecule has 0 radical (unpaired) electrons. The van der Waals surface area contributed by atoms with Gasteiger partial charge in [-0.1, -0.05) is 38.5 Å². The van der Waals surface area contributed by atoms with Crippen LogP contribution in [0.4, 0.5) is 4.79 Å². The van der Waals surface area contributed by atoms with Gasteiger partial charge in [0.15, 0.2) is 0 Å². The molecule has 0 spiro atoms. The minimum Gasteiger partial charge on any atom is -0.444 e. The summed E-state index contributed by atoms with van der Waals surface area (Å²) in [6.45, 7) is 7.15. The van der Waals surface area contributed by atoms with E-state index in [9.17, 15) is 4.79 Å². The first-order valence-corrected chi connectivity index (χ1v) is 8.10. The van der Waals surface area contributed by atoms with Gasteiger partial charge in [0.25, 0.3) is 0 Å². The Morgan fingerprint density at radius 1 is 1.10 bits per heavy atom. The number of ether oxygens (including phenoxy) is 1. The molecule has 2 fully saturated rings. The Balaban J connectivity index is 1.92. The second-order valence-corrected chi connectivity index (χ2v) is 7.46. The number of nitrogens with zero attached hydrogens (tertiary/aromatic N) is 1. The van der Waals surface area contributed by atoms with Crippen molar-refractivity contribution in [2.45, 2.75) is 70.9 Å². The largest absolute Gasteiger partial charge is 0.444 e. The van der Waals surface area contributed by atoms with E-state index in [0.717, 1.165) is 6.54 Å². The molecule has 1 aliphatic carbocycles. The summed E-state index contributed by atoms with van der Waals surface area (Å²) in [5, 5.41) is 0. The summed E-state index contributed by atoms with van der Waals surface area (Å²) in [7, 11) is 0. The van der Waals surface area contributed by atoms with Gasteiger partial charge in [-0.25, -0.2) is 4.79 Å². The van der Waals surface area contributed by atoms with Crippen molar-refractivity contribution in [3.05, 3.63) is 0 Å². The molecule has 1 saturated heterocycles. The maximum Gasteiger partial charge on any atom is 0.410 e. The van der Waals surface area contributed by atoms with Gasteiger partial charge in [0.2, 0.25) is 0 Å². The van der Waals surface area contributed by atoms with Gasteiger partial charge in [-0.15, -0.1) is 0 Å². The van der Waals surface area contributed by atoms with Crippen LogP contribution in [-0.2, 0) is 4.74 Å². The van der Waals surface area contributed by atoms with Gasteiger partial charge in [-0.05, 0) is 32.6 Å². The third-order valence-corrected chi connectivity index (χ3v) is 4.57. The Labute approximate surface area is 123 Å². The van der Waals surface area contributed by atoms with E-state index in [0.29, 0.717) is 18.4 Å². The quantitative estimate of drug-likeness (QED) is 0.752.